The Labute approximate surface area is 116 Å². The Kier molecular flexibility index (Phi) is 6.78. The Bertz CT molecular complexity index is 382. The molecule has 0 aromatic carbocycles. The number of carbonyl (C=O) groups excluding carboxylic acids is 1. The minimum Gasteiger partial charge on any atom is -0.327 e. The van der Waals surface area contributed by atoms with Crippen molar-refractivity contribution in [2.75, 3.05) is 0 Å². The fourth-order valence-corrected chi connectivity index (χ4v) is 2.38. The highest BCUT2D eigenvalue weighted by atomic mass is 16.1. The predicted octanol–water partition coefficient (Wildman–Crippen LogP) is 2.87. The van der Waals surface area contributed by atoms with Crippen LogP contribution < -0.4 is 5.73 Å². The molecule has 0 fully saturated rings. The van der Waals surface area contributed by atoms with Crippen LogP contribution in [0.4, 0.5) is 0 Å². The summed E-state index contributed by atoms with van der Waals surface area (Å²) in [7, 11) is 0. The fraction of sp³-hybridized carbons (Fsp3) is 0.733. The van der Waals surface area contributed by atoms with Crippen LogP contribution in [0.3, 0.4) is 0 Å². The van der Waals surface area contributed by atoms with Gasteiger partial charge in [-0.3, -0.25) is 9.48 Å². The Morgan fingerprint density at radius 2 is 2.05 bits per heavy atom. The van der Waals surface area contributed by atoms with Gasteiger partial charge in [0.05, 0.1) is 18.2 Å². The van der Waals surface area contributed by atoms with Gasteiger partial charge in [-0.1, -0.05) is 27.2 Å². The average Bonchev–Trinajstić information content (AvgIpc) is 2.79. The highest BCUT2D eigenvalue weighted by Crippen LogP contribution is 2.15. The number of nitrogens with zero attached hydrogens (tertiary/aromatic N) is 2. The van der Waals surface area contributed by atoms with Gasteiger partial charge in [-0.05, 0) is 25.3 Å². The molecule has 1 heterocycles. The van der Waals surface area contributed by atoms with E-state index in [9.17, 15) is 4.79 Å². The van der Waals surface area contributed by atoms with Crippen molar-refractivity contribution in [3.8, 4) is 0 Å². The van der Waals surface area contributed by atoms with E-state index >= 15 is 0 Å². The van der Waals surface area contributed by atoms with Crippen LogP contribution in [0.15, 0.2) is 12.3 Å². The molecule has 1 atom stereocenters. The van der Waals surface area contributed by atoms with Crippen molar-refractivity contribution < 1.29 is 4.79 Å². The molecule has 0 aliphatic heterocycles. The minimum atomic E-state index is -0.00128. The third-order valence-corrected chi connectivity index (χ3v) is 3.51. The van der Waals surface area contributed by atoms with Gasteiger partial charge in [0, 0.05) is 18.7 Å². The van der Waals surface area contributed by atoms with Crippen LogP contribution in [-0.2, 0) is 11.2 Å². The molecule has 0 bridgehead atoms. The van der Waals surface area contributed by atoms with Crippen LogP contribution in [0.1, 0.15) is 64.6 Å². The minimum absolute atomic E-state index is 0.00128. The van der Waals surface area contributed by atoms with Crippen molar-refractivity contribution in [2.45, 2.75) is 71.4 Å². The van der Waals surface area contributed by atoms with Crippen LogP contribution in [0, 0.1) is 0 Å². The van der Waals surface area contributed by atoms with Crippen LogP contribution >= 0.6 is 0 Å². The number of ketones is 1. The lowest BCUT2D eigenvalue weighted by Crippen LogP contribution is -2.24. The maximum atomic E-state index is 11.9. The van der Waals surface area contributed by atoms with Crippen LogP contribution in [-0.4, -0.2) is 21.6 Å². The first-order valence-corrected chi connectivity index (χ1v) is 7.41. The summed E-state index contributed by atoms with van der Waals surface area (Å²) in [6.07, 6.45) is 6.91. The molecule has 19 heavy (non-hydrogen) atoms. The molecule has 1 rings (SSSR count). The molecule has 0 aliphatic carbocycles. The maximum absolute atomic E-state index is 11.9. The number of nitrogens with two attached hydrogens (primary N) is 1. The third kappa shape index (κ3) is 5.15. The molecule has 4 heteroatoms. The standard InChI is InChI=1S/C15H27N3O/c1-4-7-12(16)10-15(19)11-13-8-9-18(17-13)14(5-2)6-3/h8-9,12,14H,4-7,10-11,16H2,1-3H3. The Hall–Kier alpha value is -1.16. The van der Waals surface area contributed by atoms with Gasteiger partial charge in [-0.25, -0.2) is 0 Å². The van der Waals surface area contributed by atoms with Crippen molar-refractivity contribution in [3.05, 3.63) is 18.0 Å². The molecule has 1 aromatic heterocycles. The van der Waals surface area contributed by atoms with E-state index in [0.717, 1.165) is 31.4 Å². The molecule has 4 nitrogen and oxygen atoms in total. The van der Waals surface area contributed by atoms with E-state index in [0.29, 0.717) is 18.9 Å². The molecule has 0 saturated carbocycles. The van der Waals surface area contributed by atoms with Crippen molar-refractivity contribution in [1.82, 2.24) is 9.78 Å². The van der Waals surface area contributed by atoms with Crippen molar-refractivity contribution in [2.24, 2.45) is 5.73 Å². The molecule has 1 unspecified atom stereocenters. The number of hydrogen-bond donors (Lipinski definition) is 1. The molecule has 0 amide bonds. The first-order valence-electron chi connectivity index (χ1n) is 7.41. The van der Waals surface area contributed by atoms with Gasteiger partial charge in [-0.15, -0.1) is 0 Å². The largest absolute Gasteiger partial charge is 0.327 e. The topological polar surface area (TPSA) is 60.9 Å². The SMILES string of the molecule is CCCC(N)CC(=O)Cc1ccn(C(CC)CC)n1. The summed E-state index contributed by atoms with van der Waals surface area (Å²) in [6.45, 7) is 6.40. The molecule has 0 aliphatic rings. The predicted molar refractivity (Wildman–Crippen MR) is 78.1 cm³/mol. The van der Waals surface area contributed by atoms with Crippen LogP contribution in [0.25, 0.3) is 0 Å². The number of rotatable bonds is 9. The van der Waals surface area contributed by atoms with E-state index in [4.69, 9.17) is 5.73 Å². The zero-order valence-electron chi connectivity index (χ0n) is 12.4. The van der Waals surface area contributed by atoms with Crippen LogP contribution in [0.5, 0.6) is 0 Å². The average molecular weight is 265 g/mol. The second-order valence-corrected chi connectivity index (χ2v) is 5.23. The van der Waals surface area contributed by atoms with Crippen LogP contribution in [0.2, 0.25) is 0 Å². The van der Waals surface area contributed by atoms with Gasteiger partial charge in [0.15, 0.2) is 0 Å². The Morgan fingerprint density at radius 1 is 1.37 bits per heavy atom. The summed E-state index contributed by atoms with van der Waals surface area (Å²) < 4.78 is 1.98. The molecule has 0 saturated heterocycles. The lowest BCUT2D eigenvalue weighted by Gasteiger charge is -2.12. The molecular weight excluding hydrogens is 238 g/mol. The molecule has 1 aromatic rings. The second-order valence-electron chi connectivity index (χ2n) is 5.23. The molecule has 0 spiro atoms. The van der Waals surface area contributed by atoms with E-state index < -0.39 is 0 Å². The molecule has 108 valence electrons. The van der Waals surface area contributed by atoms with Crippen molar-refractivity contribution in [1.29, 1.82) is 0 Å². The number of hydrogen-bond acceptors (Lipinski definition) is 3. The number of carbonyl (C=O) groups is 1. The van der Waals surface area contributed by atoms with E-state index in [2.05, 4.69) is 25.9 Å². The first kappa shape index (κ1) is 15.9. The first-order chi connectivity index (χ1) is 9.10. The highest BCUT2D eigenvalue weighted by molar-refractivity contribution is 5.80. The smallest absolute Gasteiger partial charge is 0.140 e. The lowest BCUT2D eigenvalue weighted by molar-refractivity contribution is -0.118. The second kappa shape index (κ2) is 8.10. The Morgan fingerprint density at radius 3 is 2.63 bits per heavy atom. The van der Waals surface area contributed by atoms with Gasteiger partial charge < -0.3 is 5.73 Å². The third-order valence-electron chi connectivity index (χ3n) is 3.51. The summed E-state index contributed by atoms with van der Waals surface area (Å²) in [5.41, 5.74) is 6.75. The van der Waals surface area contributed by atoms with E-state index in [1.54, 1.807) is 0 Å². The van der Waals surface area contributed by atoms with Gasteiger partial charge in [0.1, 0.15) is 5.78 Å². The normalized spacial score (nSPS) is 12.9. The summed E-state index contributed by atoms with van der Waals surface area (Å²) in [5, 5.41) is 4.50. The zero-order valence-corrected chi connectivity index (χ0v) is 12.4. The van der Waals surface area contributed by atoms with Gasteiger partial charge in [0.2, 0.25) is 0 Å². The summed E-state index contributed by atoms with van der Waals surface area (Å²) >= 11 is 0. The zero-order chi connectivity index (χ0) is 14.3. The van der Waals surface area contributed by atoms with E-state index in [1.807, 2.05) is 16.9 Å². The van der Waals surface area contributed by atoms with Gasteiger partial charge in [-0.2, -0.15) is 5.10 Å². The van der Waals surface area contributed by atoms with Gasteiger partial charge >= 0.3 is 0 Å². The summed E-state index contributed by atoms with van der Waals surface area (Å²) in [4.78, 5) is 11.9. The van der Waals surface area contributed by atoms with Crippen molar-refractivity contribution >= 4 is 5.78 Å². The summed E-state index contributed by atoms with van der Waals surface area (Å²) in [5.74, 6) is 0.191. The van der Waals surface area contributed by atoms with E-state index in [1.165, 1.54) is 0 Å². The fourth-order valence-electron chi connectivity index (χ4n) is 2.38. The number of Topliss-reactive ketones (excluding diaryl/α,β-unsaturated/α-hetero) is 1. The summed E-state index contributed by atoms with van der Waals surface area (Å²) in [6, 6.07) is 2.38. The molecule has 2 N–H and O–H groups in total. The molecular formula is C15H27N3O. The Balaban J connectivity index is 2.51. The van der Waals surface area contributed by atoms with Gasteiger partial charge in [0.25, 0.3) is 0 Å². The molecule has 0 radical (unpaired) electrons. The van der Waals surface area contributed by atoms with Crippen molar-refractivity contribution in [3.63, 3.8) is 0 Å². The highest BCUT2D eigenvalue weighted by Gasteiger charge is 2.13. The number of aromatic nitrogens is 2. The lowest BCUT2D eigenvalue weighted by atomic mass is 10.0. The maximum Gasteiger partial charge on any atom is 0.140 e. The monoisotopic (exact) mass is 265 g/mol. The van der Waals surface area contributed by atoms with E-state index in [-0.39, 0.29) is 11.8 Å². The quantitative estimate of drug-likeness (QED) is 0.747.